The lowest BCUT2D eigenvalue weighted by atomic mass is 10.1. The van der Waals surface area contributed by atoms with Crippen LogP contribution >= 0.6 is 0 Å². The van der Waals surface area contributed by atoms with Crippen molar-refractivity contribution in [2.24, 2.45) is 5.92 Å². The van der Waals surface area contributed by atoms with Gasteiger partial charge in [0.1, 0.15) is 22.9 Å². The van der Waals surface area contributed by atoms with Gasteiger partial charge in [0.25, 0.3) is 11.5 Å². The van der Waals surface area contributed by atoms with Crippen molar-refractivity contribution in [3.8, 4) is 0 Å². The molecule has 1 amide bonds. The first kappa shape index (κ1) is 22.7. The van der Waals surface area contributed by atoms with Gasteiger partial charge in [-0.15, -0.1) is 0 Å². The molecule has 1 saturated heterocycles. The van der Waals surface area contributed by atoms with Gasteiger partial charge in [-0.2, -0.15) is 9.61 Å². The van der Waals surface area contributed by atoms with Crippen molar-refractivity contribution in [2.75, 3.05) is 44.0 Å². The van der Waals surface area contributed by atoms with Gasteiger partial charge in [0.2, 0.25) is 0 Å². The van der Waals surface area contributed by atoms with Gasteiger partial charge in [-0.05, 0) is 30.9 Å². The van der Waals surface area contributed by atoms with Crippen LogP contribution in [-0.2, 0) is 4.74 Å². The predicted molar refractivity (Wildman–Crippen MR) is 124 cm³/mol. The van der Waals surface area contributed by atoms with Gasteiger partial charge >= 0.3 is 0 Å². The van der Waals surface area contributed by atoms with Crippen LogP contribution in [0.4, 0.5) is 17.3 Å². The van der Waals surface area contributed by atoms with E-state index in [1.807, 2.05) is 13.0 Å². The van der Waals surface area contributed by atoms with Crippen LogP contribution in [0.5, 0.6) is 0 Å². The third-order valence-corrected chi connectivity index (χ3v) is 5.72. The summed E-state index contributed by atoms with van der Waals surface area (Å²) in [5, 5.41) is 22.4. The van der Waals surface area contributed by atoms with Crippen molar-refractivity contribution < 1.29 is 14.6 Å². The highest BCUT2D eigenvalue weighted by atomic mass is 16.5. The SMILES string of the molecule is CNc1cc(Nc2cccn(C3CCOCC3)c2=O)nc2c(C(=O)NCC(C)CO)cnn12. The molecule has 4 N–H and O–H groups in total. The molecule has 176 valence electrons. The highest BCUT2D eigenvalue weighted by Crippen LogP contribution is 2.22. The molecule has 4 rings (SSSR count). The van der Waals surface area contributed by atoms with Gasteiger partial charge in [-0.1, -0.05) is 6.92 Å². The number of anilines is 3. The molecule has 1 fully saturated rings. The first-order valence-electron chi connectivity index (χ1n) is 11.0. The standard InChI is InChI=1S/C22H29N7O4/c1-14(13-30)11-24-21(31)16-12-25-29-19(23-2)10-18(27-20(16)29)26-17-4-3-7-28(22(17)32)15-5-8-33-9-6-15/h3-4,7,10,12,14-15,23,30H,5-6,8-9,11,13H2,1-2H3,(H,24,31)(H,26,27). The summed E-state index contributed by atoms with van der Waals surface area (Å²) < 4.78 is 8.68. The molecule has 3 aromatic heterocycles. The maximum atomic E-state index is 13.1. The number of fused-ring (bicyclic) bond motifs is 1. The fourth-order valence-corrected chi connectivity index (χ4v) is 3.79. The molecule has 0 aromatic carbocycles. The number of carbonyl (C=O) groups excluding carboxylic acids is 1. The van der Waals surface area contributed by atoms with Crippen molar-refractivity contribution in [1.29, 1.82) is 0 Å². The number of amides is 1. The van der Waals surface area contributed by atoms with Crippen LogP contribution in [-0.4, -0.2) is 63.6 Å². The zero-order chi connectivity index (χ0) is 23.4. The quantitative estimate of drug-likeness (QED) is 0.400. The van der Waals surface area contributed by atoms with E-state index in [1.54, 1.807) is 29.9 Å². The highest BCUT2D eigenvalue weighted by molar-refractivity contribution is 6.00. The van der Waals surface area contributed by atoms with E-state index in [2.05, 4.69) is 26.0 Å². The number of ether oxygens (including phenoxy) is 1. The Bertz CT molecular complexity index is 1180. The van der Waals surface area contributed by atoms with E-state index in [0.717, 1.165) is 12.8 Å². The van der Waals surface area contributed by atoms with Crippen molar-refractivity contribution in [2.45, 2.75) is 25.8 Å². The molecule has 11 nitrogen and oxygen atoms in total. The molecule has 1 atom stereocenters. The first-order valence-corrected chi connectivity index (χ1v) is 11.0. The lowest BCUT2D eigenvalue weighted by Crippen LogP contribution is -2.30. The third-order valence-electron chi connectivity index (χ3n) is 5.72. The Balaban J connectivity index is 1.65. The minimum atomic E-state index is -0.335. The number of nitrogens with zero attached hydrogens (tertiary/aromatic N) is 4. The molecule has 0 bridgehead atoms. The molecule has 0 aliphatic carbocycles. The number of nitrogens with one attached hydrogen (secondary N) is 3. The lowest BCUT2D eigenvalue weighted by molar-refractivity contribution is 0.0687. The number of rotatable bonds is 8. The predicted octanol–water partition coefficient (Wildman–Crippen LogP) is 1.39. The minimum Gasteiger partial charge on any atom is -0.396 e. The van der Waals surface area contributed by atoms with Gasteiger partial charge in [-0.25, -0.2) is 4.98 Å². The van der Waals surface area contributed by atoms with E-state index in [4.69, 9.17) is 4.74 Å². The summed E-state index contributed by atoms with van der Waals surface area (Å²) in [7, 11) is 1.74. The summed E-state index contributed by atoms with van der Waals surface area (Å²) in [4.78, 5) is 30.4. The summed E-state index contributed by atoms with van der Waals surface area (Å²) in [5.74, 6) is 0.612. The van der Waals surface area contributed by atoms with Gasteiger partial charge in [-0.3, -0.25) is 9.59 Å². The number of carbonyl (C=O) groups is 1. The molecule has 0 saturated carbocycles. The van der Waals surface area contributed by atoms with Crippen molar-refractivity contribution >= 4 is 28.9 Å². The zero-order valence-corrected chi connectivity index (χ0v) is 18.7. The second-order valence-electron chi connectivity index (χ2n) is 8.17. The van der Waals surface area contributed by atoms with Crippen LogP contribution in [0.2, 0.25) is 0 Å². The molecular formula is C22H29N7O4. The van der Waals surface area contributed by atoms with Crippen molar-refractivity contribution in [3.63, 3.8) is 0 Å². The molecule has 1 aliphatic rings. The monoisotopic (exact) mass is 455 g/mol. The van der Waals surface area contributed by atoms with Gasteiger partial charge in [0.15, 0.2) is 5.65 Å². The Morgan fingerprint density at radius 1 is 1.36 bits per heavy atom. The van der Waals surface area contributed by atoms with Gasteiger partial charge < -0.3 is 30.4 Å². The van der Waals surface area contributed by atoms with Crippen LogP contribution < -0.4 is 21.5 Å². The Hall–Kier alpha value is -3.44. The van der Waals surface area contributed by atoms with E-state index in [0.29, 0.717) is 48.3 Å². The average Bonchev–Trinajstić information content (AvgIpc) is 3.27. The molecule has 0 radical (unpaired) electrons. The average molecular weight is 456 g/mol. The molecule has 3 aromatic rings. The lowest BCUT2D eigenvalue weighted by Gasteiger charge is -2.24. The van der Waals surface area contributed by atoms with E-state index in [-0.39, 0.29) is 30.0 Å². The Kier molecular flexibility index (Phi) is 6.90. The Morgan fingerprint density at radius 3 is 2.88 bits per heavy atom. The summed E-state index contributed by atoms with van der Waals surface area (Å²) >= 11 is 0. The van der Waals surface area contributed by atoms with Crippen LogP contribution in [0.1, 0.15) is 36.2 Å². The molecule has 0 spiro atoms. The number of aromatic nitrogens is 4. The molecule has 1 unspecified atom stereocenters. The summed E-state index contributed by atoms with van der Waals surface area (Å²) in [6, 6.07) is 5.36. The number of aliphatic hydroxyl groups excluding tert-OH is 1. The van der Waals surface area contributed by atoms with Gasteiger partial charge in [0.05, 0.1) is 6.20 Å². The largest absolute Gasteiger partial charge is 0.396 e. The topological polar surface area (TPSA) is 135 Å². The molecule has 1 aliphatic heterocycles. The third kappa shape index (κ3) is 4.83. The second-order valence-corrected chi connectivity index (χ2v) is 8.17. The van der Waals surface area contributed by atoms with Crippen molar-refractivity contribution in [3.05, 3.63) is 46.5 Å². The molecule has 4 heterocycles. The zero-order valence-electron chi connectivity index (χ0n) is 18.7. The summed E-state index contributed by atoms with van der Waals surface area (Å²) in [5.41, 5.74) is 0.902. The van der Waals surface area contributed by atoms with E-state index in [1.165, 1.54) is 10.7 Å². The van der Waals surface area contributed by atoms with Crippen LogP contribution in [0.25, 0.3) is 5.65 Å². The normalized spacial score (nSPS) is 15.4. The molecule has 33 heavy (non-hydrogen) atoms. The Morgan fingerprint density at radius 2 is 2.15 bits per heavy atom. The Labute approximate surface area is 190 Å². The summed E-state index contributed by atoms with van der Waals surface area (Å²) in [6.07, 6.45) is 4.83. The van der Waals surface area contributed by atoms with Crippen LogP contribution in [0, 0.1) is 5.92 Å². The van der Waals surface area contributed by atoms with Crippen LogP contribution in [0.3, 0.4) is 0 Å². The van der Waals surface area contributed by atoms with Crippen molar-refractivity contribution in [1.82, 2.24) is 24.5 Å². The number of pyridine rings is 1. The van der Waals surface area contributed by atoms with E-state index >= 15 is 0 Å². The fourth-order valence-electron chi connectivity index (χ4n) is 3.79. The number of aliphatic hydroxyl groups is 1. The summed E-state index contributed by atoms with van der Waals surface area (Å²) in [6.45, 7) is 3.43. The van der Waals surface area contributed by atoms with Gasteiger partial charge in [0, 0.05) is 51.7 Å². The minimum absolute atomic E-state index is 0.0201. The maximum absolute atomic E-state index is 13.1. The molecule has 11 heteroatoms. The van der Waals surface area contributed by atoms with E-state index < -0.39 is 0 Å². The second kappa shape index (κ2) is 10.0. The highest BCUT2D eigenvalue weighted by Gasteiger charge is 2.20. The van der Waals surface area contributed by atoms with E-state index in [9.17, 15) is 14.7 Å². The first-order chi connectivity index (χ1) is 16.0. The number of hydrogen-bond acceptors (Lipinski definition) is 8. The fraction of sp³-hybridized carbons (Fsp3) is 0.455. The van der Waals surface area contributed by atoms with Crippen LogP contribution in [0.15, 0.2) is 35.4 Å². The smallest absolute Gasteiger partial charge is 0.274 e. The molecular weight excluding hydrogens is 426 g/mol. The maximum Gasteiger partial charge on any atom is 0.274 e. The number of hydrogen-bond donors (Lipinski definition) is 4.